The molecule has 0 fully saturated rings. The number of aryl methyl sites for hydroxylation is 1. The molecule has 1 aromatic carbocycles. The summed E-state index contributed by atoms with van der Waals surface area (Å²) >= 11 is 0. The van der Waals surface area contributed by atoms with E-state index < -0.39 is 0 Å². The zero-order valence-electron chi connectivity index (χ0n) is 7.83. The first kappa shape index (κ1) is 9.52. The fraction of sp³-hybridized carbons (Fsp3) is 0.182. The number of aliphatic imine (C=N–C) groups is 1. The Kier molecular flexibility index (Phi) is 3.26. The van der Waals surface area contributed by atoms with E-state index in [1.54, 1.807) is 12.3 Å². The van der Waals surface area contributed by atoms with Gasteiger partial charge in [0.05, 0.1) is 11.4 Å². The highest BCUT2D eigenvalue weighted by molar-refractivity contribution is 5.77. The van der Waals surface area contributed by atoms with Crippen molar-refractivity contribution in [1.29, 1.82) is 0 Å². The highest BCUT2D eigenvalue weighted by atomic mass is 14.8. The van der Waals surface area contributed by atoms with Crippen molar-refractivity contribution in [1.82, 2.24) is 0 Å². The summed E-state index contributed by atoms with van der Waals surface area (Å²) in [7, 11) is 0. The van der Waals surface area contributed by atoms with Crippen molar-refractivity contribution in [3.05, 3.63) is 36.4 Å². The van der Waals surface area contributed by atoms with Crippen LogP contribution in [0.25, 0.3) is 0 Å². The van der Waals surface area contributed by atoms with E-state index in [1.807, 2.05) is 18.2 Å². The van der Waals surface area contributed by atoms with Gasteiger partial charge in [0, 0.05) is 6.21 Å². The summed E-state index contributed by atoms with van der Waals surface area (Å²) < 4.78 is 0. The Morgan fingerprint density at radius 1 is 1.54 bits per heavy atom. The largest absolute Gasteiger partial charge is 0.397 e. The molecule has 2 heteroatoms. The summed E-state index contributed by atoms with van der Waals surface area (Å²) in [4.78, 5) is 4.16. The van der Waals surface area contributed by atoms with Crippen molar-refractivity contribution in [2.24, 2.45) is 4.99 Å². The molecule has 1 rings (SSSR count). The minimum Gasteiger partial charge on any atom is -0.397 e. The predicted octanol–water partition coefficient (Wildman–Crippen LogP) is 2.72. The zero-order valence-corrected chi connectivity index (χ0v) is 7.83. The van der Waals surface area contributed by atoms with Gasteiger partial charge in [-0.2, -0.15) is 0 Å². The summed E-state index contributed by atoms with van der Waals surface area (Å²) in [5.41, 5.74) is 8.50. The van der Waals surface area contributed by atoms with Crippen molar-refractivity contribution in [3.63, 3.8) is 0 Å². The van der Waals surface area contributed by atoms with E-state index >= 15 is 0 Å². The van der Waals surface area contributed by atoms with Crippen molar-refractivity contribution in [2.75, 3.05) is 5.73 Å². The topological polar surface area (TPSA) is 38.4 Å². The smallest absolute Gasteiger partial charge is 0.0861 e. The molecule has 0 amide bonds. The van der Waals surface area contributed by atoms with Gasteiger partial charge < -0.3 is 5.73 Å². The first-order valence-corrected chi connectivity index (χ1v) is 4.31. The molecule has 1 aromatic rings. The molecule has 0 aromatic heterocycles. The number of rotatable bonds is 3. The second-order valence-corrected chi connectivity index (χ2v) is 2.76. The third-order valence-corrected chi connectivity index (χ3v) is 1.82. The van der Waals surface area contributed by atoms with Crippen molar-refractivity contribution in [3.8, 4) is 0 Å². The normalized spacial score (nSPS) is 10.5. The van der Waals surface area contributed by atoms with Crippen LogP contribution in [-0.4, -0.2) is 6.21 Å². The molecule has 0 saturated heterocycles. The minimum atomic E-state index is 0.704. The molecule has 0 atom stereocenters. The molecule has 0 saturated carbocycles. The van der Waals surface area contributed by atoms with Gasteiger partial charge in [0.25, 0.3) is 0 Å². The first-order valence-electron chi connectivity index (χ1n) is 4.31. The van der Waals surface area contributed by atoms with E-state index in [9.17, 15) is 0 Å². The Morgan fingerprint density at radius 3 is 2.92 bits per heavy atom. The van der Waals surface area contributed by atoms with E-state index in [-0.39, 0.29) is 0 Å². The third-order valence-electron chi connectivity index (χ3n) is 1.82. The van der Waals surface area contributed by atoms with Crippen LogP contribution in [0, 0.1) is 0 Å². The van der Waals surface area contributed by atoms with Gasteiger partial charge in [0.2, 0.25) is 0 Å². The molecular formula is C11H14N2. The summed E-state index contributed by atoms with van der Waals surface area (Å²) in [6.45, 7) is 5.66. The molecule has 0 spiro atoms. The van der Waals surface area contributed by atoms with E-state index in [2.05, 4.69) is 18.5 Å². The van der Waals surface area contributed by atoms with Gasteiger partial charge in [0.15, 0.2) is 0 Å². The molecule has 2 nitrogen and oxygen atoms in total. The van der Waals surface area contributed by atoms with E-state index in [0.717, 1.165) is 12.1 Å². The van der Waals surface area contributed by atoms with Gasteiger partial charge in [-0.25, -0.2) is 0 Å². The second-order valence-electron chi connectivity index (χ2n) is 2.76. The van der Waals surface area contributed by atoms with Crippen LogP contribution in [0.2, 0.25) is 0 Å². The van der Waals surface area contributed by atoms with Gasteiger partial charge in [-0.1, -0.05) is 25.6 Å². The minimum absolute atomic E-state index is 0.704. The second kappa shape index (κ2) is 4.45. The maximum absolute atomic E-state index is 5.74. The first-order chi connectivity index (χ1) is 6.27. The van der Waals surface area contributed by atoms with Crippen LogP contribution in [0.3, 0.4) is 0 Å². The van der Waals surface area contributed by atoms with Gasteiger partial charge in [-0.05, 0) is 24.1 Å². The van der Waals surface area contributed by atoms with Crippen LogP contribution < -0.4 is 5.73 Å². The summed E-state index contributed by atoms with van der Waals surface area (Å²) in [6, 6.07) is 5.90. The Morgan fingerprint density at radius 2 is 2.31 bits per heavy atom. The number of allylic oxidation sites excluding steroid dienone is 1. The van der Waals surface area contributed by atoms with E-state index in [1.165, 1.54) is 5.56 Å². The Balaban J connectivity index is 3.03. The number of hydrogen-bond acceptors (Lipinski definition) is 2. The fourth-order valence-electron chi connectivity index (χ4n) is 1.05. The van der Waals surface area contributed by atoms with Crippen LogP contribution in [-0.2, 0) is 6.42 Å². The lowest BCUT2D eigenvalue weighted by atomic mass is 10.1. The molecule has 68 valence electrons. The molecule has 2 N–H and O–H groups in total. The Labute approximate surface area is 78.8 Å². The maximum atomic E-state index is 5.74. The van der Waals surface area contributed by atoms with Crippen LogP contribution in [0.1, 0.15) is 12.5 Å². The van der Waals surface area contributed by atoms with Gasteiger partial charge in [-0.15, -0.1) is 0 Å². The van der Waals surface area contributed by atoms with Crippen LogP contribution >= 0.6 is 0 Å². The highest BCUT2D eigenvalue weighted by Gasteiger charge is 1.96. The molecule has 0 bridgehead atoms. The molecular weight excluding hydrogens is 160 g/mol. The number of nitrogens with zero attached hydrogens (tertiary/aromatic N) is 1. The van der Waals surface area contributed by atoms with Crippen LogP contribution in [0.15, 0.2) is 35.8 Å². The molecule has 0 aliphatic heterocycles. The SMILES string of the molecule is C=CC=Nc1cc(CC)ccc1N. The monoisotopic (exact) mass is 174 g/mol. The Bertz CT molecular complexity index is 327. The average Bonchev–Trinajstić information content (AvgIpc) is 2.17. The lowest BCUT2D eigenvalue weighted by Crippen LogP contribution is -1.87. The predicted molar refractivity (Wildman–Crippen MR) is 58.6 cm³/mol. The quantitative estimate of drug-likeness (QED) is 0.555. The summed E-state index contributed by atoms with van der Waals surface area (Å²) in [5, 5.41) is 0. The summed E-state index contributed by atoms with van der Waals surface area (Å²) in [5.74, 6) is 0. The van der Waals surface area contributed by atoms with Gasteiger partial charge >= 0.3 is 0 Å². The highest BCUT2D eigenvalue weighted by Crippen LogP contribution is 2.22. The summed E-state index contributed by atoms with van der Waals surface area (Å²) in [6.07, 6.45) is 4.28. The van der Waals surface area contributed by atoms with Crippen LogP contribution in [0.5, 0.6) is 0 Å². The lowest BCUT2D eigenvalue weighted by Gasteiger charge is -2.01. The Hall–Kier alpha value is -1.57. The molecule has 0 heterocycles. The number of anilines is 1. The van der Waals surface area contributed by atoms with Gasteiger partial charge in [0.1, 0.15) is 0 Å². The van der Waals surface area contributed by atoms with Crippen molar-refractivity contribution in [2.45, 2.75) is 13.3 Å². The average molecular weight is 174 g/mol. The lowest BCUT2D eigenvalue weighted by molar-refractivity contribution is 1.14. The number of benzene rings is 1. The number of nitrogen functional groups attached to an aromatic ring is 1. The van der Waals surface area contributed by atoms with E-state index in [0.29, 0.717) is 5.69 Å². The molecule has 0 unspecified atom stereocenters. The molecule has 0 aliphatic carbocycles. The molecule has 0 radical (unpaired) electrons. The van der Waals surface area contributed by atoms with Crippen molar-refractivity contribution < 1.29 is 0 Å². The van der Waals surface area contributed by atoms with Crippen molar-refractivity contribution >= 4 is 17.6 Å². The third kappa shape index (κ3) is 2.44. The standard InChI is InChI=1S/C11H14N2/c1-3-7-13-11-8-9(4-2)5-6-10(11)12/h3,5-8H,1,4,12H2,2H3. The fourth-order valence-corrected chi connectivity index (χ4v) is 1.05. The zero-order chi connectivity index (χ0) is 9.68. The molecule has 0 aliphatic rings. The van der Waals surface area contributed by atoms with Crippen LogP contribution in [0.4, 0.5) is 11.4 Å². The number of nitrogens with two attached hydrogens (primary N) is 1. The van der Waals surface area contributed by atoms with E-state index in [4.69, 9.17) is 5.73 Å². The molecule has 13 heavy (non-hydrogen) atoms. The van der Waals surface area contributed by atoms with Gasteiger partial charge in [-0.3, -0.25) is 4.99 Å². The number of hydrogen-bond donors (Lipinski definition) is 1. The maximum Gasteiger partial charge on any atom is 0.0861 e.